The van der Waals surface area contributed by atoms with Crippen LogP contribution < -0.4 is 11.1 Å². The third kappa shape index (κ3) is 4.05. The van der Waals surface area contributed by atoms with E-state index >= 15 is 0 Å². The van der Waals surface area contributed by atoms with Gasteiger partial charge >= 0.3 is 5.97 Å². The van der Waals surface area contributed by atoms with Gasteiger partial charge in [-0.1, -0.05) is 18.2 Å². The van der Waals surface area contributed by atoms with Gasteiger partial charge < -0.3 is 15.8 Å². The number of esters is 1. The largest absolute Gasteiger partial charge is 0.463 e. The van der Waals surface area contributed by atoms with Crippen LogP contribution in [0.15, 0.2) is 77.1 Å². The van der Waals surface area contributed by atoms with Crippen molar-refractivity contribution in [2.24, 2.45) is 10.7 Å². The van der Waals surface area contributed by atoms with Crippen LogP contribution in [0.25, 0.3) is 16.9 Å². The number of para-hydroxylation sites is 1. The van der Waals surface area contributed by atoms with Gasteiger partial charge in [-0.25, -0.2) is 18.9 Å². The molecule has 0 radical (unpaired) electrons. The van der Waals surface area contributed by atoms with Crippen LogP contribution in [0.2, 0.25) is 0 Å². The minimum atomic E-state index is -0.724. The van der Waals surface area contributed by atoms with E-state index in [1.807, 2.05) is 36.5 Å². The van der Waals surface area contributed by atoms with Gasteiger partial charge in [-0.15, -0.1) is 0 Å². The molecule has 8 heteroatoms. The summed E-state index contributed by atoms with van der Waals surface area (Å²) in [5.74, 6) is -0.640. The molecule has 3 aromatic rings. The zero-order chi connectivity index (χ0) is 22.0. The van der Waals surface area contributed by atoms with E-state index in [-0.39, 0.29) is 18.4 Å². The standard InChI is InChI=1S/C23H22FN5O2/c1-3-31-22(30)19-14(2)26-23(25)27-21(19)18-13-29(17-7-5-4-6-8-17)28-20(18)15-9-11-16(24)12-10-15/h4-13,21H,3H2,1-2H3,(H3,25,26,27)/t21-/m0/s1. The Morgan fingerprint density at radius 2 is 1.90 bits per heavy atom. The summed E-state index contributed by atoms with van der Waals surface area (Å²) in [7, 11) is 0. The average Bonchev–Trinajstić information content (AvgIpc) is 3.20. The fourth-order valence-electron chi connectivity index (χ4n) is 3.53. The lowest BCUT2D eigenvalue weighted by Gasteiger charge is -2.24. The molecular formula is C23H22FN5O2. The van der Waals surface area contributed by atoms with Crippen molar-refractivity contribution in [3.63, 3.8) is 0 Å². The van der Waals surface area contributed by atoms with Gasteiger partial charge in [0.15, 0.2) is 5.96 Å². The van der Waals surface area contributed by atoms with Crippen molar-refractivity contribution < 1.29 is 13.9 Å². The highest BCUT2D eigenvalue weighted by molar-refractivity contribution is 5.95. The Hall–Kier alpha value is -3.94. The molecule has 0 bridgehead atoms. The highest BCUT2D eigenvalue weighted by Crippen LogP contribution is 2.37. The Bertz CT molecular complexity index is 1170. The molecule has 2 aromatic carbocycles. The predicted molar refractivity (Wildman–Crippen MR) is 116 cm³/mol. The molecule has 7 nitrogen and oxygen atoms in total. The van der Waals surface area contributed by atoms with Crippen molar-refractivity contribution >= 4 is 11.9 Å². The van der Waals surface area contributed by atoms with Crippen molar-refractivity contribution in [1.82, 2.24) is 15.1 Å². The molecule has 0 amide bonds. The van der Waals surface area contributed by atoms with E-state index in [9.17, 15) is 9.18 Å². The summed E-state index contributed by atoms with van der Waals surface area (Å²) >= 11 is 0. The number of rotatable bonds is 5. The first kappa shape index (κ1) is 20.3. The van der Waals surface area contributed by atoms with Gasteiger partial charge in [0.25, 0.3) is 0 Å². The molecule has 3 N–H and O–H groups in total. The van der Waals surface area contributed by atoms with Crippen LogP contribution >= 0.6 is 0 Å². The molecule has 0 unspecified atom stereocenters. The number of hydrogen-bond donors (Lipinski definition) is 2. The summed E-state index contributed by atoms with van der Waals surface area (Å²) < 4.78 is 20.5. The van der Waals surface area contributed by atoms with E-state index < -0.39 is 12.0 Å². The van der Waals surface area contributed by atoms with Crippen molar-refractivity contribution in [2.45, 2.75) is 19.9 Å². The minimum Gasteiger partial charge on any atom is -0.463 e. The molecule has 1 aliphatic heterocycles. The van der Waals surface area contributed by atoms with Gasteiger partial charge in [-0.2, -0.15) is 5.10 Å². The number of aliphatic imine (C=N–C) groups is 1. The number of nitrogens with zero attached hydrogens (tertiary/aromatic N) is 3. The number of guanidine groups is 1. The van der Waals surface area contributed by atoms with Crippen molar-refractivity contribution in [1.29, 1.82) is 0 Å². The Labute approximate surface area is 179 Å². The predicted octanol–water partition coefficient (Wildman–Crippen LogP) is 3.47. The molecule has 31 heavy (non-hydrogen) atoms. The van der Waals surface area contributed by atoms with E-state index in [1.54, 1.807) is 30.7 Å². The van der Waals surface area contributed by atoms with Gasteiger partial charge in [0.2, 0.25) is 0 Å². The number of nitrogens with one attached hydrogen (secondary N) is 1. The highest BCUT2D eigenvalue weighted by Gasteiger charge is 2.33. The number of hydrogen-bond acceptors (Lipinski definition) is 6. The number of benzene rings is 2. The number of carbonyl (C=O) groups excluding carboxylic acids is 1. The number of carbonyl (C=O) groups is 1. The van der Waals surface area contributed by atoms with Crippen molar-refractivity contribution in [3.8, 4) is 16.9 Å². The summed E-state index contributed by atoms with van der Waals surface area (Å²) in [6.45, 7) is 3.73. The SMILES string of the molecule is CCOC(=O)C1=C(C)NC(N)=N[C@H]1c1cn(-c2ccccc2)nc1-c1ccc(F)cc1. The van der Waals surface area contributed by atoms with Gasteiger partial charge in [-0.3, -0.25) is 0 Å². The molecule has 0 spiro atoms. The molecule has 0 aliphatic carbocycles. The molecule has 0 saturated carbocycles. The number of halogens is 1. The van der Waals surface area contributed by atoms with Crippen LogP contribution in [0.4, 0.5) is 4.39 Å². The Kier molecular flexibility index (Phi) is 5.53. The van der Waals surface area contributed by atoms with E-state index in [1.165, 1.54) is 12.1 Å². The smallest absolute Gasteiger partial charge is 0.338 e. The van der Waals surface area contributed by atoms with Crippen LogP contribution in [0.1, 0.15) is 25.5 Å². The summed E-state index contributed by atoms with van der Waals surface area (Å²) in [6, 6.07) is 14.9. The second-order valence-corrected chi connectivity index (χ2v) is 7.02. The second kappa shape index (κ2) is 8.43. The van der Waals surface area contributed by atoms with E-state index in [0.29, 0.717) is 28.1 Å². The zero-order valence-electron chi connectivity index (χ0n) is 17.2. The van der Waals surface area contributed by atoms with Crippen LogP contribution in [-0.4, -0.2) is 28.3 Å². The van der Waals surface area contributed by atoms with Gasteiger partial charge in [-0.05, 0) is 50.2 Å². The average molecular weight is 419 g/mol. The molecule has 0 saturated heterocycles. The summed E-state index contributed by atoms with van der Waals surface area (Å²) in [4.78, 5) is 17.3. The molecule has 4 rings (SSSR count). The maximum Gasteiger partial charge on any atom is 0.338 e. The Morgan fingerprint density at radius 1 is 1.19 bits per heavy atom. The topological polar surface area (TPSA) is 94.5 Å². The summed E-state index contributed by atoms with van der Waals surface area (Å²) in [6.07, 6.45) is 1.81. The first-order valence-electron chi connectivity index (χ1n) is 9.87. The third-order valence-corrected chi connectivity index (χ3v) is 4.93. The Balaban J connectivity index is 1.91. The molecule has 0 fully saturated rings. The van der Waals surface area contributed by atoms with Crippen LogP contribution in [0, 0.1) is 5.82 Å². The maximum atomic E-state index is 13.5. The molecule has 1 aliphatic rings. The van der Waals surface area contributed by atoms with Gasteiger partial charge in [0, 0.05) is 23.0 Å². The number of aromatic nitrogens is 2. The number of allylic oxidation sites excluding steroid dienone is 1. The summed E-state index contributed by atoms with van der Waals surface area (Å²) in [5, 5.41) is 7.64. The molecular weight excluding hydrogens is 397 g/mol. The molecule has 1 aromatic heterocycles. The third-order valence-electron chi connectivity index (χ3n) is 4.93. The lowest BCUT2D eigenvalue weighted by molar-refractivity contribution is -0.138. The monoisotopic (exact) mass is 419 g/mol. The van der Waals surface area contributed by atoms with E-state index in [4.69, 9.17) is 15.6 Å². The number of nitrogens with two attached hydrogens (primary N) is 1. The van der Waals surface area contributed by atoms with Crippen LogP contribution in [-0.2, 0) is 9.53 Å². The van der Waals surface area contributed by atoms with Crippen molar-refractivity contribution in [2.75, 3.05) is 6.61 Å². The minimum absolute atomic E-state index is 0.188. The first-order chi connectivity index (χ1) is 15.0. The highest BCUT2D eigenvalue weighted by atomic mass is 19.1. The number of ether oxygens (including phenoxy) is 1. The molecule has 158 valence electrons. The van der Waals surface area contributed by atoms with E-state index in [0.717, 1.165) is 5.69 Å². The fourth-order valence-corrected chi connectivity index (χ4v) is 3.53. The fraction of sp³-hybridized carbons (Fsp3) is 0.174. The molecule has 1 atom stereocenters. The van der Waals surface area contributed by atoms with E-state index in [2.05, 4.69) is 10.3 Å². The van der Waals surface area contributed by atoms with Crippen LogP contribution in [0.3, 0.4) is 0 Å². The van der Waals surface area contributed by atoms with Gasteiger partial charge in [0.05, 0.1) is 23.6 Å². The van der Waals surface area contributed by atoms with Gasteiger partial charge in [0.1, 0.15) is 11.9 Å². The molecule has 2 heterocycles. The van der Waals surface area contributed by atoms with Crippen molar-refractivity contribution in [3.05, 3.63) is 83.4 Å². The van der Waals surface area contributed by atoms with Crippen LogP contribution in [0.5, 0.6) is 0 Å². The summed E-state index contributed by atoms with van der Waals surface area (Å²) in [5.41, 5.74) is 9.66. The first-order valence-corrected chi connectivity index (χ1v) is 9.87. The zero-order valence-corrected chi connectivity index (χ0v) is 17.2. The lowest BCUT2D eigenvalue weighted by Crippen LogP contribution is -2.37. The maximum absolute atomic E-state index is 13.5. The quantitative estimate of drug-likeness (QED) is 0.618. The second-order valence-electron chi connectivity index (χ2n) is 7.02. The Morgan fingerprint density at radius 3 is 2.58 bits per heavy atom. The normalized spacial score (nSPS) is 16.0. The lowest BCUT2D eigenvalue weighted by atomic mass is 9.94.